The van der Waals surface area contributed by atoms with Gasteiger partial charge in [0.15, 0.2) is 0 Å². The molecule has 1 amide bonds. The van der Waals surface area contributed by atoms with Gasteiger partial charge in [-0.15, -0.1) is 0 Å². The van der Waals surface area contributed by atoms with E-state index in [1.54, 1.807) is 9.80 Å². The summed E-state index contributed by atoms with van der Waals surface area (Å²) in [7, 11) is 0. The van der Waals surface area contributed by atoms with E-state index in [0.29, 0.717) is 32.5 Å². The van der Waals surface area contributed by atoms with Crippen molar-refractivity contribution in [1.82, 2.24) is 25.2 Å². The van der Waals surface area contributed by atoms with Crippen LogP contribution >= 0.6 is 0 Å². The number of anilines is 1. The summed E-state index contributed by atoms with van der Waals surface area (Å²) in [5.41, 5.74) is -3.09. The second kappa shape index (κ2) is 9.71. The maximum atomic E-state index is 13.0. The number of carbonyl (C=O) groups excluding carboxylic acids is 1. The van der Waals surface area contributed by atoms with E-state index in [0.717, 1.165) is 18.5 Å². The van der Waals surface area contributed by atoms with Crippen LogP contribution in [0.4, 0.5) is 32.3 Å². The van der Waals surface area contributed by atoms with Gasteiger partial charge in [-0.3, -0.25) is 9.59 Å². The van der Waals surface area contributed by atoms with E-state index in [2.05, 4.69) is 20.3 Å². The van der Waals surface area contributed by atoms with Crippen LogP contribution in [-0.4, -0.2) is 57.5 Å². The molecule has 0 bridgehead atoms. The lowest BCUT2D eigenvalue weighted by molar-refractivity contribution is -0.142. The number of hydrogen-bond donors (Lipinski definition) is 2. The minimum absolute atomic E-state index is 0.0306. The van der Waals surface area contributed by atoms with E-state index < -0.39 is 29.0 Å². The molecule has 0 unspecified atom stereocenters. The third kappa shape index (κ3) is 5.63. The zero-order chi connectivity index (χ0) is 26.3. The first-order valence-electron chi connectivity index (χ1n) is 11.3. The molecule has 14 heteroatoms. The summed E-state index contributed by atoms with van der Waals surface area (Å²) in [4.78, 5) is 37.5. The van der Waals surface area contributed by atoms with Crippen molar-refractivity contribution in [2.45, 2.75) is 50.7 Å². The number of nitrogens with one attached hydrogen (secondary N) is 2. The molecule has 2 aromatic heterocycles. The highest BCUT2D eigenvalue weighted by molar-refractivity contribution is 5.80. The minimum Gasteiger partial charge on any atom is -0.337 e. The number of piperazine rings is 1. The summed E-state index contributed by atoms with van der Waals surface area (Å²) >= 11 is 0. The molecule has 196 valence electrons. The monoisotopic (exact) mass is 518 g/mol. The lowest BCUT2D eigenvalue weighted by Crippen LogP contribution is -2.58. The van der Waals surface area contributed by atoms with Crippen molar-refractivity contribution in [1.29, 1.82) is 0 Å². The van der Waals surface area contributed by atoms with Gasteiger partial charge in [-0.05, 0) is 31.4 Å². The summed E-state index contributed by atoms with van der Waals surface area (Å²) in [6, 6.07) is 0.567. The smallest absolute Gasteiger partial charge is 0.337 e. The van der Waals surface area contributed by atoms with Gasteiger partial charge in [-0.2, -0.15) is 26.3 Å². The lowest BCUT2D eigenvalue weighted by Gasteiger charge is -2.44. The van der Waals surface area contributed by atoms with Gasteiger partial charge < -0.3 is 20.1 Å². The van der Waals surface area contributed by atoms with Crippen molar-refractivity contribution in [2.24, 2.45) is 5.92 Å². The number of pyridine rings is 1. The normalized spacial score (nSPS) is 22.9. The van der Waals surface area contributed by atoms with Crippen LogP contribution in [0, 0.1) is 5.92 Å². The Bertz CT molecular complexity index is 1140. The van der Waals surface area contributed by atoms with Crippen molar-refractivity contribution >= 4 is 11.9 Å². The molecule has 0 spiro atoms. The molecule has 8 nitrogen and oxygen atoms in total. The second-order valence-electron chi connectivity index (χ2n) is 9.09. The van der Waals surface area contributed by atoms with E-state index in [9.17, 15) is 35.9 Å². The molecule has 0 radical (unpaired) electrons. The molecule has 4 rings (SSSR count). The molecule has 2 fully saturated rings. The molecule has 1 saturated carbocycles. The lowest BCUT2D eigenvalue weighted by atomic mass is 9.79. The number of carbonyl (C=O) groups is 1. The molecule has 1 atom stereocenters. The first kappa shape index (κ1) is 25.9. The highest BCUT2D eigenvalue weighted by Gasteiger charge is 2.40. The van der Waals surface area contributed by atoms with E-state index >= 15 is 0 Å². The van der Waals surface area contributed by atoms with Crippen LogP contribution in [0.2, 0.25) is 0 Å². The SMILES string of the molecule is C[C@@H]1CN(c2ncc(C(F)(F)F)cn2)CCN1C(=O)C1CC(NCc2c[nH]c(=O)c(C(F)(F)F)c2)C1. The Balaban J connectivity index is 1.25. The van der Waals surface area contributed by atoms with E-state index in [1.807, 2.05) is 6.92 Å². The quantitative estimate of drug-likeness (QED) is 0.592. The van der Waals surface area contributed by atoms with Gasteiger partial charge in [-0.1, -0.05) is 0 Å². The molecule has 36 heavy (non-hydrogen) atoms. The molecule has 2 aromatic rings. The predicted molar refractivity (Wildman–Crippen MR) is 116 cm³/mol. The minimum atomic E-state index is -4.74. The zero-order valence-corrected chi connectivity index (χ0v) is 19.2. The molecular formula is C22H24F6N6O2. The molecular weight excluding hydrogens is 494 g/mol. The maximum Gasteiger partial charge on any atom is 0.421 e. The van der Waals surface area contributed by atoms with Gasteiger partial charge in [0, 0.05) is 62.8 Å². The van der Waals surface area contributed by atoms with Crippen molar-refractivity contribution in [3.05, 3.63) is 51.7 Å². The molecule has 0 aromatic carbocycles. The Morgan fingerprint density at radius 2 is 1.78 bits per heavy atom. The van der Waals surface area contributed by atoms with E-state index in [4.69, 9.17) is 0 Å². The molecule has 1 saturated heterocycles. The van der Waals surface area contributed by atoms with Gasteiger partial charge in [0.05, 0.1) is 5.56 Å². The number of halogens is 6. The van der Waals surface area contributed by atoms with Gasteiger partial charge in [0.2, 0.25) is 11.9 Å². The van der Waals surface area contributed by atoms with Crippen LogP contribution in [0.1, 0.15) is 36.5 Å². The fourth-order valence-electron chi connectivity index (χ4n) is 4.42. The average Bonchev–Trinajstić information content (AvgIpc) is 2.77. The van der Waals surface area contributed by atoms with Crippen LogP contribution in [-0.2, 0) is 23.7 Å². The van der Waals surface area contributed by atoms with Crippen LogP contribution in [0.15, 0.2) is 29.5 Å². The summed E-state index contributed by atoms with van der Waals surface area (Å²) < 4.78 is 76.9. The first-order chi connectivity index (χ1) is 16.8. The Hall–Kier alpha value is -3.16. The first-order valence-corrected chi connectivity index (χ1v) is 11.3. The number of nitrogens with zero attached hydrogens (tertiary/aromatic N) is 4. The second-order valence-corrected chi connectivity index (χ2v) is 9.09. The van der Waals surface area contributed by atoms with E-state index in [-0.39, 0.29) is 42.0 Å². The highest BCUT2D eigenvalue weighted by atomic mass is 19.4. The van der Waals surface area contributed by atoms with Crippen molar-refractivity contribution in [3.8, 4) is 0 Å². The Kier molecular flexibility index (Phi) is 6.99. The van der Waals surface area contributed by atoms with Crippen molar-refractivity contribution in [2.75, 3.05) is 24.5 Å². The van der Waals surface area contributed by atoms with Crippen LogP contribution in [0.5, 0.6) is 0 Å². The molecule has 1 aliphatic heterocycles. The average molecular weight is 518 g/mol. The summed E-state index contributed by atoms with van der Waals surface area (Å²) in [6.45, 7) is 3.09. The standard InChI is InChI=1S/C22H24F6N6O2/c1-12-11-33(20-31-9-15(10-32-20)21(23,24)25)2-3-34(12)19(36)14-5-16(6-14)29-7-13-4-17(22(26,27)28)18(35)30-8-13/h4,8-10,12,14,16,29H,2-3,5-7,11H2,1H3,(H,30,35)/t12-,14?,16?/m1/s1. The largest absolute Gasteiger partial charge is 0.421 e. The molecule has 3 heterocycles. The highest BCUT2D eigenvalue weighted by Crippen LogP contribution is 2.32. The van der Waals surface area contributed by atoms with Crippen LogP contribution < -0.4 is 15.8 Å². The van der Waals surface area contributed by atoms with Crippen molar-refractivity contribution < 1.29 is 31.1 Å². The van der Waals surface area contributed by atoms with Gasteiger partial charge >= 0.3 is 12.4 Å². The predicted octanol–water partition coefficient (Wildman–Crippen LogP) is 2.81. The third-order valence-electron chi connectivity index (χ3n) is 6.51. The fraction of sp³-hybridized carbons (Fsp3) is 0.545. The third-order valence-corrected chi connectivity index (χ3v) is 6.51. The van der Waals surface area contributed by atoms with Gasteiger partial charge in [0.25, 0.3) is 5.56 Å². The molecule has 1 aliphatic carbocycles. The Labute approximate surface area is 201 Å². The Morgan fingerprint density at radius 1 is 1.11 bits per heavy atom. The summed E-state index contributed by atoms with van der Waals surface area (Å²) in [6.07, 6.45) is -5.48. The molecule has 2 aliphatic rings. The zero-order valence-electron chi connectivity index (χ0n) is 19.2. The number of H-pyrrole nitrogens is 1. The number of aromatic nitrogens is 3. The molecule has 2 N–H and O–H groups in total. The topological polar surface area (TPSA) is 94.2 Å². The number of aromatic amines is 1. The van der Waals surface area contributed by atoms with Crippen molar-refractivity contribution in [3.63, 3.8) is 0 Å². The number of rotatable bonds is 5. The Morgan fingerprint density at radius 3 is 2.36 bits per heavy atom. The summed E-state index contributed by atoms with van der Waals surface area (Å²) in [5.74, 6) is -0.0807. The number of hydrogen-bond acceptors (Lipinski definition) is 6. The van der Waals surface area contributed by atoms with Gasteiger partial charge in [-0.25, -0.2) is 9.97 Å². The summed E-state index contributed by atoms with van der Waals surface area (Å²) in [5, 5.41) is 3.11. The maximum absolute atomic E-state index is 13.0. The fourth-order valence-corrected chi connectivity index (χ4v) is 4.42. The van der Waals surface area contributed by atoms with Gasteiger partial charge in [0.1, 0.15) is 5.56 Å². The van der Waals surface area contributed by atoms with Crippen LogP contribution in [0.3, 0.4) is 0 Å². The van der Waals surface area contributed by atoms with E-state index in [1.165, 1.54) is 6.20 Å². The van der Waals surface area contributed by atoms with Crippen LogP contribution in [0.25, 0.3) is 0 Å². The number of alkyl halides is 6. The number of amides is 1.